The lowest BCUT2D eigenvalue weighted by Gasteiger charge is -2.26. The van der Waals surface area contributed by atoms with E-state index >= 15 is 0 Å². The minimum absolute atomic E-state index is 0.0449. The van der Waals surface area contributed by atoms with Crippen LogP contribution >= 0.6 is 0 Å². The number of rotatable bonds is 5. The van der Waals surface area contributed by atoms with Gasteiger partial charge in [-0.2, -0.15) is 0 Å². The van der Waals surface area contributed by atoms with Gasteiger partial charge in [0.2, 0.25) is 0 Å². The van der Waals surface area contributed by atoms with Crippen molar-refractivity contribution >= 4 is 6.03 Å². The van der Waals surface area contributed by atoms with Crippen molar-refractivity contribution in [1.29, 1.82) is 0 Å². The third kappa shape index (κ3) is 3.91. The summed E-state index contributed by atoms with van der Waals surface area (Å²) in [6.07, 6.45) is 4.46. The highest BCUT2D eigenvalue weighted by Crippen LogP contribution is 2.31. The molecule has 1 atom stereocenters. The summed E-state index contributed by atoms with van der Waals surface area (Å²) in [5, 5.41) is 6.03. The lowest BCUT2D eigenvalue weighted by atomic mass is 10.0. The van der Waals surface area contributed by atoms with E-state index in [9.17, 15) is 4.79 Å². The van der Waals surface area contributed by atoms with Gasteiger partial charge >= 0.3 is 6.03 Å². The smallest absolute Gasteiger partial charge is 0.315 e. The molecule has 2 amide bonds. The molecule has 1 fully saturated rings. The molecule has 5 heteroatoms. The van der Waals surface area contributed by atoms with Gasteiger partial charge in [0, 0.05) is 18.5 Å². The molecule has 2 aliphatic rings. The normalized spacial score (nSPS) is 21.0. The van der Waals surface area contributed by atoms with Crippen LogP contribution in [0, 0.1) is 0 Å². The Labute approximate surface area is 132 Å². The van der Waals surface area contributed by atoms with Gasteiger partial charge in [-0.05, 0) is 45.0 Å². The second kappa shape index (κ2) is 7.49. The maximum absolute atomic E-state index is 12.0. The Hall–Kier alpha value is -1.75. The zero-order valence-corrected chi connectivity index (χ0v) is 13.0. The summed E-state index contributed by atoms with van der Waals surface area (Å²) >= 11 is 0. The van der Waals surface area contributed by atoms with Crippen LogP contribution in [0.25, 0.3) is 0 Å². The molecular weight excluding hydrogens is 278 g/mol. The Bertz CT molecular complexity index is 500. The lowest BCUT2D eigenvalue weighted by molar-refractivity contribution is 0.222. The van der Waals surface area contributed by atoms with E-state index in [1.54, 1.807) is 0 Å². The molecule has 2 heterocycles. The van der Waals surface area contributed by atoms with Crippen molar-refractivity contribution < 1.29 is 9.53 Å². The zero-order chi connectivity index (χ0) is 15.2. The van der Waals surface area contributed by atoms with E-state index in [2.05, 4.69) is 15.5 Å². The number of likely N-dealkylation sites (tertiary alicyclic amines) is 1. The van der Waals surface area contributed by atoms with Gasteiger partial charge < -0.3 is 20.3 Å². The van der Waals surface area contributed by atoms with Crippen molar-refractivity contribution in [3.05, 3.63) is 29.8 Å². The quantitative estimate of drug-likeness (QED) is 0.821. The summed E-state index contributed by atoms with van der Waals surface area (Å²) in [7, 11) is 0. The topological polar surface area (TPSA) is 53.6 Å². The average molecular weight is 303 g/mol. The van der Waals surface area contributed by atoms with E-state index in [4.69, 9.17) is 4.74 Å². The van der Waals surface area contributed by atoms with Crippen molar-refractivity contribution in [2.24, 2.45) is 0 Å². The van der Waals surface area contributed by atoms with Crippen LogP contribution in [0.5, 0.6) is 5.75 Å². The number of ether oxygens (including phenoxy) is 1. The van der Waals surface area contributed by atoms with E-state index in [0.29, 0.717) is 6.61 Å². The Morgan fingerprint density at radius 3 is 2.95 bits per heavy atom. The molecule has 120 valence electrons. The Balaban J connectivity index is 1.40. The number of carbonyl (C=O) groups is 1. The number of benzene rings is 1. The van der Waals surface area contributed by atoms with E-state index in [-0.39, 0.29) is 12.1 Å². The largest absolute Gasteiger partial charge is 0.493 e. The molecule has 2 N–H and O–H groups in total. The molecular formula is C17H25N3O2. The summed E-state index contributed by atoms with van der Waals surface area (Å²) in [5.41, 5.74) is 1.07. The minimum atomic E-state index is -0.0804. The summed E-state index contributed by atoms with van der Waals surface area (Å²) in [6, 6.07) is 7.88. The van der Waals surface area contributed by atoms with Crippen molar-refractivity contribution in [3.63, 3.8) is 0 Å². The van der Waals surface area contributed by atoms with Gasteiger partial charge in [-0.1, -0.05) is 18.2 Å². The van der Waals surface area contributed by atoms with E-state index in [1.807, 2.05) is 24.3 Å². The maximum atomic E-state index is 12.0. The monoisotopic (exact) mass is 303 g/mol. The second-order valence-electron chi connectivity index (χ2n) is 6.03. The molecule has 0 unspecified atom stereocenters. The number of nitrogens with one attached hydrogen (secondary N) is 2. The third-order valence-corrected chi connectivity index (χ3v) is 4.40. The van der Waals surface area contributed by atoms with Gasteiger partial charge in [-0.3, -0.25) is 0 Å². The predicted molar refractivity (Wildman–Crippen MR) is 86.1 cm³/mol. The molecule has 5 nitrogen and oxygen atoms in total. The van der Waals surface area contributed by atoms with Crippen molar-refractivity contribution in [3.8, 4) is 5.75 Å². The first-order valence-corrected chi connectivity index (χ1v) is 8.31. The van der Waals surface area contributed by atoms with Crippen molar-refractivity contribution in [2.45, 2.75) is 31.7 Å². The van der Waals surface area contributed by atoms with Crippen LogP contribution in [0.3, 0.4) is 0 Å². The summed E-state index contributed by atoms with van der Waals surface area (Å²) < 4.78 is 5.61. The Morgan fingerprint density at radius 1 is 1.27 bits per heavy atom. The highest BCUT2D eigenvalue weighted by Gasteiger charge is 2.22. The van der Waals surface area contributed by atoms with Gasteiger partial charge in [0.1, 0.15) is 5.75 Å². The lowest BCUT2D eigenvalue weighted by Crippen LogP contribution is -2.40. The van der Waals surface area contributed by atoms with E-state index < -0.39 is 0 Å². The number of para-hydroxylation sites is 1. The van der Waals surface area contributed by atoms with Gasteiger partial charge in [0.05, 0.1) is 12.6 Å². The minimum Gasteiger partial charge on any atom is -0.493 e. The molecule has 0 bridgehead atoms. The van der Waals surface area contributed by atoms with Crippen LogP contribution in [0.1, 0.15) is 37.3 Å². The van der Waals surface area contributed by atoms with Gasteiger partial charge in [0.15, 0.2) is 0 Å². The van der Waals surface area contributed by atoms with Crippen LogP contribution in [-0.2, 0) is 0 Å². The van der Waals surface area contributed by atoms with Crippen molar-refractivity contribution in [2.75, 3.05) is 32.8 Å². The van der Waals surface area contributed by atoms with Crippen molar-refractivity contribution in [1.82, 2.24) is 15.5 Å². The zero-order valence-electron chi connectivity index (χ0n) is 13.0. The van der Waals surface area contributed by atoms with Gasteiger partial charge in [0.25, 0.3) is 0 Å². The molecule has 22 heavy (non-hydrogen) atoms. The first kappa shape index (κ1) is 15.2. The Morgan fingerprint density at radius 2 is 2.09 bits per heavy atom. The molecule has 1 aromatic rings. The van der Waals surface area contributed by atoms with Crippen LogP contribution < -0.4 is 15.4 Å². The Kier molecular flexibility index (Phi) is 5.16. The van der Waals surface area contributed by atoms with Gasteiger partial charge in [-0.15, -0.1) is 0 Å². The van der Waals surface area contributed by atoms with E-state index in [1.165, 1.54) is 25.9 Å². The molecule has 0 aliphatic carbocycles. The fourth-order valence-corrected chi connectivity index (χ4v) is 3.21. The fourth-order valence-electron chi connectivity index (χ4n) is 3.21. The molecule has 0 spiro atoms. The molecule has 0 aromatic heterocycles. The molecule has 2 aliphatic heterocycles. The number of amides is 2. The van der Waals surface area contributed by atoms with Gasteiger partial charge in [-0.25, -0.2) is 4.79 Å². The highest BCUT2D eigenvalue weighted by molar-refractivity contribution is 5.74. The summed E-state index contributed by atoms with van der Waals surface area (Å²) in [4.78, 5) is 14.5. The molecule has 3 rings (SSSR count). The molecule has 1 saturated heterocycles. The first-order chi connectivity index (χ1) is 10.8. The fraction of sp³-hybridized carbons (Fsp3) is 0.588. The van der Waals surface area contributed by atoms with Crippen LogP contribution in [0.4, 0.5) is 4.79 Å². The number of hydrogen-bond acceptors (Lipinski definition) is 3. The van der Waals surface area contributed by atoms with Crippen LogP contribution in [0.2, 0.25) is 0 Å². The first-order valence-electron chi connectivity index (χ1n) is 8.31. The molecule has 0 saturated carbocycles. The number of urea groups is 1. The third-order valence-electron chi connectivity index (χ3n) is 4.40. The highest BCUT2D eigenvalue weighted by atomic mass is 16.5. The number of fused-ring (bicyclic) bond motifs is 1. The maximum Gasteiger partial charge on any atom is 0.315 e. The van der Waals surface area contributed by atoms with E-state index in [0.717, 1.165) is 37.2 Å². The number of carbonyl (C=O) groups excluding carboxylic acids is 1. The molecule has 1 aromatic carbocycles. The SMILES string of the molecule is O=C(NCCCN1CCCC1)N[C@@H]1CCOc2ccccc21. The summed E-state index contributed by atoms with van der Waals surface area (Å²) in [5.74, 6) is 0.882. The number of nitrogens with zero attached hydrogens (tertiary/aromatic N) is 1. The molecule has 0 radical (unpaired) electrons. The summed E-state index contributed by atoms with van der Waals surface area (Å²) in [6.45, 7) is 4.89. The number of hydrogen-bond donors (Lipinski definition) is 2. The standard InChI is InChI=1S/C17H25N3O2/c21-17(18-9-5-12-20-10-3-4-11-20)19-15-8-13-22-16-7-2-1-6-14(15)16/h1-2,6-7,15H,3-5,8-13H2,(H2,18,19,21)/t15-/m1/s1. The second-order valence-corrected chi connectivity index (χ2v) is 6.03. The van der Waals surface area contributed by atoms with Crippen LogP contribution in [0.15, 0.2) is 24.3 Å². The predicted octanol–water partition coefficient (Wildman–Crippen LogP) is 2.30. The average Bonchev–Trinajstić information content (AvgIpc) is 3.05. The van der Waals surface area contributed by atoms with Crippen LogP contribution in [-0.4, -0.2) is 43.7 Å².